The zero-order chi connectivity index (χ0) is 14.7. The molecule has 0 N–H and O–H groups in total. The Morgan fingerprint density at radius 2 is 2.05 bits per heavy atom. The van der Waals surface area contributed by atoms with E-state index in [9.17, 15) is 9.59 Å². The largest absolute Gasteiger partial charge is 0.444 e. The zero-order valence-corrected chi connectivity index (χ0v) is 13.1. The first-order chi connectivity index (χ1) is 9.49. The van der Waals surface area contributed by atoms with Gasteiger partial charge in [-0.05, 0) is 28.9 Å². The van der Waals surface area contributed by atoms with E-state index in [1.165, 1.54) is 4.90 Å². The van der Waals surface area contributed by atoms with Crippen molar-refractivity contribution < 1.29 is 18.7 Å². The molecule has 1 aliphatic heterocycles. The van der Waals surface area contributed by atoms with Crippen molar-refractivity contribution in [3.63, 3.8) is 0 Å². The molecule has 1 saturated heterocycles. The average Bonchev–Trinajstić information content (AvgIpc) is 2.77. The second-order valence-electron chi connectivity index (χ2n) is 4.72. The van der Waals surface area contributed by atoms with Crippen LogP contribution in [0, 0.1) is 6.92 Å². The molecule has 0 aromatic carbocycles. The molecular weight excluding hydrogens is 328 g/mol. The first kappa shape index (κ1) is 15.1. The van der Waals surface area contributed by atoms with Gasteiger partial charge in [-0.1, -0.05) is 0 Å². The normalized spacial score (nSPS) is 15.2. The highest BCUT2D eigenvalue weighted by Crippen LogP contribution is 2.20. The number of aryl methyl sites for hydroxylation is 1. The van der Waals surface area contributed by atoms with Gasteiger partial charge in [0.25, 0.3) is 5.91 Å². The highest BCUT2D eigenvalue weighted by atomic mass is 79.9. The van der Waals surface area contributed by atoms with E-state index in [-0.39, 0.29) is 24.1 Å². The first-order valence-electron chi connectivity index (χ1n) is 6.36. The number of amides is 2. The molecule has 1 fully saturated rings. The van der Waals surface area contributed by atoms with E-state index in [0.717, 1.165) is 5.56 Å². The molecule has 0 atom stereocenters. The number of hydrogen-bond donors (Lipinski definition) is 0. The second-order valence-corrected chi connectivity index (χ2v) is 5.50. The van der Waals surface area contributed by atoms with Gasteiger partial charge in [-0.15, -0.1) is 0 Å². The molecule has 0 saturated carbocycles. The van der Waals surface area contributed by atoms with Crippen LogP contribution in [0.3, 0.4) is 0 Å². The SMILES string of the molecule is Cc1cc(Br)oc1C(=O)N(C)CC(=O)N1CCOCC1. The van der Waals surface area contributed by atoms with Gasteiger partial charge in [0.1, 0.15) is 0 Å². The number of likely N-dealkylation sites (N-methyl/N-ethyl adjacent to an activating group) is 1. The van der Waals surface area contributed by atoms with Crippen LogP contribution in [0.1, 0.15) is 16.1 Å². The predicted octanol–water partition coefficient (Wildman–Crippen LogP) is 1.28. The lowest BCUT2D eigenvalue weighted by Gasteiger charge is -2.28. The van der Waals surface area contributed by atoms with Crippen molar-refractivity contribution in [2.24, 2.45) is 0 Å². The van der Waals surface area contributed by atoms with Gasteiger partial charge in [0.15, 0.2) is 10.4 Å². The molecule has 2 amide bonds. The summed E-state index contributed by atoms with van der Waals surface area (Å²) in [6, 6.07) is 1.73. The van der Waals surface area contributed by atoms with Gasteiger partial charge in [-0.25, -0.2) is 0 Å². The quantitative estimate of drug-likeness (QED) is 0.828. The maximum atomic E-state index is 12.2. The molecule has 1 aromatic heterocycles. The zero-order valence-electron chi connectivity index (χ0n) is 11.5. The summed E-state index contributed by atoms with van der Waals surface area (Å²) in [5.74, 6) is -0.114. The summed E-state index contributed by atoms with van der Waals surface area (Å²) < 4.78 is 11.0. The van der Waals surface area contributed by atoms with E-state index in [1.807, 2.05) is 0 Å². The van der Waals surface area contributed by atoms with Gasteiger partial charge in [0.2, 0.25) is 5.91 Å². The third-order valence-electron chi connectivity index (χ3n) is 3.16. The standard InChI is InChI=1S/C13H17BrN2O4/c1-9-7-10(14)20-12(9)13(18)15(2)8-11(17)16-3-5-19-6-4-16/h7H,3-6,8H2,1-2H3. The number of halogens is 1. The Hall–Kier alpha value is -1.34. The van der Waals surface area contributed by atoms with E-state index in [2.05, 4.69) is 15.9 Å². The van der Waals surface area contributed by atoms with E-state index >= 15 is 0 Å². The van der Waals surface area contributed by atoms with Gasteiger partial charge < -0.3 is 19.0 Å². The number of rotatable bonds is 3. The molecule has 0 aliphatic carbocycles. The number of carbonyl (C=O) groups is 2. The molecule has 0 radical (unpaired) electrons. The molecule has 0 bridgehead atoms. The Kier molecular flexibility index (Phi) is 4.82. The minimum Gasteiger partial charge on any atom is -0.444 e. The van der Waals surface area contributed by atoms with E-state index in [4.69, 9.17) is 9.15 Å². The summed E-state index contributed by atoms with van der Waals surface area (Å²) in [4.78, 5) is 27.4. The Balaban J connectivity index is 1.97. The topological polar surface area (TPSA) is 63.0 Å². The van der Waals surface area contributed by atoms with Crippen molar-refractivity contribution in [3.05, 3.63) is 22.1 Å². The van der Waals surface area contributed by atoms with Crippen molar-refractivity contribution in [1.29, 1.82) is 0 Å². The monoisotopic (exact) mass is 344 g/mol. The Labute approximate surface area is 125 Å². The summed E-state index contributed by atoms with van der Waals surface area (Å²) in [5, 5.41) is 0. The van der Waals surface area contributed by atoms with E-state index in [0.29, 0.717) is 31.0 Å². The third kappa shape index (κ3) is 3.40. The molecular formula is C13H17BrN2O4. The first-order valence-corrected chi connectivity index (χ1v) is 7.15. The van der Waals surface area contributed by atoms with Crippen LogP contribution in [-0.4, -0.2) is 61.5 Å². The fourth-order valence-electron chi connectivity index (χ4n) is 2.02. The van der Waals surface area contributed by atoms with Crippen LogP contribution < -0.4 is 0 Å². The van der Waals surface area contributed by atoms with Crippen LogP contribution >= 0.6 is 15.9 Å². The minimum atomic E-state index is -0.296. The highest BCUT2D eigenvalue weighted by Gasteiger charge is 2.24. The van der Waals surface area contributed by atoms with Crippen molar-refractivity contribution in [1.82, 2.24) is 9.80 Å². The molecule has 0 spiro atoms. The molecule has 6 nitrogen and oxygen atoms in total. The fraction of sp³-hybridized carbons (Fsp3) is 0.538. The number of ether oxygens (including phenoxy) is 1. The molecule has 2 heterocycles. The van der Waals surface area contributed by atoms with Crippen molar-refractivity contribution >= 4 is 27.7 Å². The third-order valence-corrected chi connectivity index (χ3v) is 3.56. The van der Waals surface area contributed by atoms with Gasteiger partial charge in [-0.2, -0.15) is 0 Å². The minimum absolute atomic E-state index is 0.0383. The van der Waals surface area contributed by atoms with Crippen LogP contribution in [0.15, 0.2) is 15.2 Å². The molecule has 1 aromatic rings. The summed E-state index contributed by atoms with van der Waals surface area (Å²) in [6.07, 6.45) is 0. The maximum Gasteiger partial charge on any atom is 0.290 e. The lowest BCUT2D eigenvalue weighted by molar-refractivity contribution is -0.135. The fourth-order valence-corrected chi connectivity index (χ4v) is 2.52. The summed E-state index contributed by atoms with van der Waals surface area (Å²) in [5.41, 5.74) is 0.743. The second kappa shape index (κ2) is 6.41. The predicted molar refractivity (Wildman–Crippen MR) is 75.5 cm³/mol. The number of carbonyl (C=O) groups excluding carboxylic acids is 2. The van der Waals surface area contributed by atoms with Crippen molar-refractivity contribution in [2.45, 2.75) is 6.92 Å². The van der Waals surface area contributed by atoms with Crippen LogP contribution in [0.25, 0.3) is 0 Å². The van der Waals surface area contributed by atoms with Crippen molar-refractivity contribution in [2.75, 3.05) is 39.9 Å². The molecule has 110 valence electrons. The van der Waals surface area contributed by atoms with Gasteiger partial charge in [0.05, 0.1) is 19.8 Å². The Morgan fingerprint density at radius 1 is 1.40 bits per heavy atom. The number of furan rings is 1. The number of morpholine rings is 1. The van der Waals surface area contributed by atoms with E-state index < -0.39 is 0 Å². The van der Waals surface area contributed by atoms with Crippen LogP contribution in [0.2, 0.25) is 0 Å². The lowest BCUT2D eigenvalue weighted by Crippen LogP contribution is -2.46. The number of hydrogen-bond acceptors (Lipinski definition) is 4. The molecule has 1 aliphatic rings. The number of nitrogens with zero attached hydrogens (tertiary/aromatic N) is 2. The van der Waals surface area contributed by atoms with Crippen LogP contribution in [-0.2, 0) is 9.53 Å². The van der Waals surface area contributed by atoms with Crippen LogP contribution in [0.5, 0.6) is 0 Å². The summed E-state index contributed by atoms with van der Waals surface area (Å²) in [6.45, 7) is 4.08. The maximum absolute atomic E-state index is 12.2. The van der Waals surface area contributed by atoms with E-state index in [1.54, 1.807) is 24.9 Å². The van der Waals surface area contributed by atoms with Gasteiger partial charge in [0, 0.05) is 25.7 Å². The smallest absolute Gasteiger partial charge is 0.290 e. The molecule has 0 unspecified atom stereocenters. The molecule has 2 rings (SSSR count). The van der Waals surface area contributed by atoms with Crippen LogP contribution in [0.4, 0.5) is 0 Å². The van der Waals surface area contributed by atoms with Gasteiger partial charge in [-0.3, -0.25) is 9.59 Å². The summed E-state index contributed by atoms with van der Waals surface area (Å²) >= 11 is 3.19. The van der Waals surface area contributed by atoms with Gasteiger partial charge >= 0.3 is 0 Å². The molecule has 20 heavy (non-hydrogen) atoms. The Bertz CT molecular complexity index is 508. The Morgan fingerprint density at radius 3 is 2.60 bits per heavy atom. The molecule has 7 heteroatoms. The highest BCUT2D eigenvalue weighted by molar-refractivity contribution is 9.10. The summed E-state index contributed by atoms with van der Waals surface area (Å²) in [7, 11) is 1.59. The average molecular weight is 345 g/mol. The van der Waals surface area contributed by atoms with Crippen molar-refractivity contribution in [3.8, 4) is 0 Å². The lowest BCUT2D eigenvalue weighted by atomic mass is 10.2.